The summed E-state index contributed by atoms with van der Waals surface area (Å²) in [4.78, 5) is 0. The van der Waals surface area contributed by atoms with E-state index in [9.17, 15) is 4.39 Å². The van der Waals surface area contributed by atoms with Crippen LogP contribution in [0.4, 0.5) is 4.39 Å². The highest BCUT2D eigenvalue weighted by atomic mass is 19.1. The molecular formula is C10H12FN. The first-order valence-corrected chi connectivity index (χ1v) is 4.31. The van der Waals surface area contributed by atoms with E-state index < -0.39 is 0 Å². The molecule has 0 atom stereocenters. The zero-order valence-corrected chi connectivity index (χ0v) is 6.94. The summed E-state index contributed by atoms with van der Waals surface area (Å²) < 4.78 is 13.3. The lowest BCUT2D eigenvalue weighted by atomic mass is 10.1. The molecule has 1 nitrogen and oxygen atoms in total. The lowest BCUT2D eigenvalue weighted by Crippen LogP contribution is -1.99. The topological polar surface area (TPSA) is 26.0 Å². The fourth-order valence-electron chi connectivity index (χ4n) is 1.83. The van der Waals surface area contributed by atoms with Crippen LogP contribution in [-0.4, -0.2) is 0 Å². The smallest absolute Gasteiger partial charge is 0.126 e. The maximum absolute atomic E-state index is 13.3. The van der Waals surface area contributed by atoms with Gasteiger partial charge in [-0.1, -0.05) is 6.07 Å². The number of halogens is 1. The van der Waals surface area contributed by atoms with Crippen LogP contribution in [0.3, 0.4) is 0 Å². The predicted octanol–water partition coefficient (Wildman–Crippen LogP) is 1.77. The van der Waals surface area contributed by atoms with Crippen LogP contribution in [0.2, 0.25) is 0 Å². The maximum Gasteiger partial charge on any atom is 0.126 e. The highest BCUT2D eigenvalue weighted by Gasteiger charge is 2.15. The minimum Gasteiger partial charge on any atom is -0.326 e. The predicted molar refractivity (Wildman–Crippen MR) is 46.3 cm³/mol. The van der Waals surface area contributed by atoms with E-state index in [1.165, 1.54) is 0 Å². The SMILES string of the molecule is NCc1cc(F)c2c(c1)CCC2. The van der Waals surface area contributed by atoms with Crippen molar-refractivity contribution < 1.29 is 4.39 Å². The van der Waals surface area contributed by atoms with E-state index in [2.05, 4.69) is 0 Å². The molecule has 0 aliphatic heterocycles. The second-order valence-corrected chi connectivity index (χ2v) is 3.27. The molecule has 12 heavy (non-hydrogen) atoms. The molecule has 0 spiro atoms. The standard InChI is InChI=1S/C10H12FN/c11-10-5-7(6-12)4-8-2-1-3-9(8)10/h4-5H,1-3,6,12H2. The monoisotopic (exact) mass is 165 g/mol. The molecule has 0 aromatic heterocycles. The minimum atomic E-state index is -0.0644. The molecule has 1 aliphatic rings. The third-order valence-corrected chi connectivity index (χ3v) is 2.46. The Hall–Kier alpha value is -0.890. The first-order valence-electron chi connectivity index (χ1n) is 4.31. The second-order valence-electron chi connectivity index (χ2n) is 3.27. The van der Waals surface area contributed by atoms with Gasteiger partial charge in [0.1, 0.15) is 5.82 Å². The summed E-state index contributed by atoms with van der Waals surface area (Å²) in [5.74, 6) is -0.0644. The summed E-state index contributed by atoms with van der Waals surface area (Å²) in [6, 6.07) is 3.59. The van der Waals surface area contributed by atoms with Gasteiger partial charge in [0.2, 0.25) is 0 Å². The van der Waals surface area contributed by atoms with E-state index in [4.69, 9.17) is 5.73 Å². The molecule has 64 valence electrons. The van der Waals surface area contributed by atoms with E-state index in [1.807, 2.05) is 6.07 Å². The number of hydrogen-bond donors (Lipinski definition) is 1. The van der Waals surface area contributed by atoms with Crippen LogP contribution in [0, 0.1) is 5.82 Å². The molecule has 0 radical (unpaired) electrons. The Morgan fingerprint density at radius 2 is 2.17 bits per heavy atom. The lowest BCUT2D eigenvalue weighted by Gasteiger charge is -2.03. The van der Waals surface area contributed by atoms with Gasteiger partial charge in [0.15, 0.2) is 0 Å². The van der Waals surface area contributed by atoms with Crippen molar-refractivity contribution in [1.82, 2.24) is 0 Å². The number of benzene rings is 1. The molecule has 0 amide bonds. The van der Waals surface area contributed by atoms with Gasteiger partial charge in [-0.05, 0) is 42.0 Å². The molecule has 0 heterocycles. The van der Waals surface area contributed by atoms with Gasteiger partial charge in [0.25, 0.3) is 0 Å². The van der Waals surface area contributed by atoms with Gasteiger partial charge in [-0.25, -0.2) is 4.39 Å². The van der Waals surface area contributed by atoms with Crippen LogP contribution in [0.25, 0.3) is 0 Å². The summed E-state index contributed by atoms with van der Waals surface area (Å²) in [5, 5.41) is 0. The van der Waals surface area contributed by atoms with Gasteiger partial charge in [-0.3, -0.25) is 0 Å². The normalized spacial score (nSPS) is 14.8. The van der Waals surface area contributed by atoms with Gasteiger partial charge in [0, 0.05) is 6.54 Å². The first-order chi connectivity index (χ1) is 5.81. The van der Waals surface area contributed by atoms with Crippen molar-refractivity contribution in [1.29, 1.82) is 0 Å². The number of aryl methyl sites for hydroxylation is 1. The van der Waals surface area contributed by atoms with E-state index in [1.54, 1.807) is 6.07 Å². The third-order valence-electron chi connectivity index (χ3n) is 2.46. The molecule has 0 fully saturated rings. The molecule has 2 rings (SSSR count). The van der Waals surface area contributed by atoms with E-state index >= 15 is 0 Å². The molecule has 1 aromatic carbocycles. The summed E-state index contributed by atoms with van der Waals surface area (Å²) in [5.41, 5.74) is 8.43. The van der Waals surface area contributed by atoms with Crippen molar-refractivity contribution in [3.8, 4) is 0 Å². The molecule has 1 aliphatic carbocycles. The molecule has 2 heteroatoms. The van der Waals surface area contributed by atoms with Crippen LogP contribution >= 0.6 is 0 Å². The molecule has 0 bridgehead atoms. The molecule has 2 N–H and O–H groups in total. The van der Waals surface area contributed by atoms with Crippen molar-refractivity contribution in [3.63, 3.8) is 0 Å². The number of nitrogens with two attached hydrogens (primary N) is 1. The van der Waals surface area contributed by atoms with Crippen molar-refractivity contribution in [2.75, 3.05) is 0 Å². The first kappa shape index (κ1) is 7.74. The second kappa shape index (κ2) is 2.87. The lowest BCUT2D eigenvalue weighted by molar-refractivity contribution is 0.610. The minimum absolute atomic E-state index is 0.0644. The summed E-state index contributed by atoms with van der Waals surface area (Å²) >= 11 is 0. The van der Waals surface area contributed by atoms with Crippen LogP contribution in [-0.2, 0) is 19.4 Å². The van der Waals surface area contributed by atoms with Crippen molar-refractivity contribution in [2.24, 2.45) is 5.73 Å². The van der Waals surface area contributed by atoms with Gasteiger partial charge < -0.3 is 5.73 Å². The Kier molecular flexibility index (Phi) is 1.85. The molecule has 0 saturated heterocycles. The Labute approximate surface area is 71.4 Å². The summed E-state index contributed by atoms with van der Waals surface area (Å²) in [7, 11) is 0. The Morgan fingerprint density at radius 1 is 1.33 bits per heavy atom. The largest absolute Gasteiger partial charge is 0.326 e. The van der Waals surface area contributed by atoms with Crippen LogP contribution in [0.1, 0.15) is 23.1 Å². The van der Waals surface area contributed by atoms with E-state index in [0.717, 1.165) is 36.0 Å². The summed E-state index contributed by atoms with van der Waals surface area (Å²) in [6.45, 7) is 0.435. The molecular weight excluding hydrogens is 153 g/mol. The highest BCUT2D eigenvalue weighted by Crippen LogP contribution is 2.25. The highest BCUT2D eigenvalue weighted by molar-refractivity contribution is 5.36. The van der Waals surface area contributed by atoms with Crippen LogP contribution in [0.15, 0.2) is 12.1 Å². The zero-order valence-electron chi connectivity index (χ0n) is 6.94. The van der Waals surface area contributed by atoms with Crippen LogP contribution < -0.4 is 5.73 Å². The number of fused-ring (bicyclic) bond motifs is 1. The number of hydrogen-bond acceptors (Lipinski definition) is 1. The summed E-state index contributed by atoms with van der Waals surface area (Å²) in [6.07, 6.45) is 2.99. The van der Waals surface area contributed by atoms with E-state index in [0.29, 0.717) is 6.54 Å². The molecule has 0 unspecified atom stereocenters. The van der Waals surface area contributed by atoms with Crippen LogP contribution in [0.5, 0.6) is 0 Å². The van der Waals surface area contributed by atoms with Gasteiger partial charge in [-0.15, -0.1) is 0 Å². The Balaban J connectivity index is 2.51. The average Bonchev–Trinajstić information content (AvgIpc) is 2.52. The molecule has 0 saturated carbocycles. The van der Waals surface area contributed by atoms with E-state index in [-0.39, 0.29) is 5.82 Å². The quantitative estimate of drug-likeness (QED) is 0.674. The third kappa shape index (κ3) is 1.12. The zero-order chi connectivity index (χ0) is 8.55. The molecule has 1 aromatic rings. The maximum atomic E-state index is 13.3. The van der Waals surface area contributed by atoms with Gasteiger partial charge >= 0.3 is 0 Å². The average molecular weight is 165 g/mol. The Morgan fingerprint density at radius 3 is 2.92 bits per heavy atom. The fraction of sp³-hybridized carbons (Fsp3) is 0.400. The van der Waals surface area contributed by atoms with Crippen molar-refractivity contribution >= 4 is 0 Å². The van der Waals surface area contributed by atoms with Crippen molar-refractivity contribution in [2.45, 2.75) is 25.8 Å². The van der Waals surface area contributed by atoms with Gasteiger partial charge in [0.05, 0.1) is 0 Å². The number of rotatable bonds is 1. The fourth-order valence-corrected chi connectivity index (χ4v) is 1.83. The van der Waals surface area contributed by atoms with Gasteiger partial charge in [-0.2, -0.15) is 0 Å². The van der Waals surface area contributed by atoms with Crippen molar-refractivity contribution in [3.05, 3.63) is 34.6 Å². The Bertz CT molecular complexity index is 307.